The van der Waals surface area contributed by atoms with Gasteiger partial charge in [-0.05, 0) is 18.8 Å². The van der Waals surface area contributed by atoms with Crippen molar-refractivity contribution in [1.29, 1.82) is 0 Å². The van der Waals surface area contributed by atoms with Gasteiger partial charge in [-0.2, -0.15) is 0 Å². The summed E-state index contributed by atoms with van der Waals surface area (Å²) in [5.74, 6) is -2.84. The van der Waals surface area contributed by atoms with Gasteiger partial charge in [0, 0.05) is 24.9 Å². The van der Waals surface area contributed by atoms with Gasteiger partial charge >= 0.3 is 5.97 Å². The van der Waals surface area contributed by atoms with Crippen LogP contribution in [0.25, 0.3) is 0 Å². The van der Waals surface area contributed by atoms with Crippen molar-refractivity contribution in [2.45, 2.75) is 57.7 Å². The second kappa shape index (κ2) is 10.7. The van der Waals surface area contributed by atoms with Gasteiger partial charge in [0.05, 0.1) is 12.9 Å². The third-order valence-corrected chi connectivity index (χ3v) is 5.44. The van der Waals surface area contributed by atoms with E-state index >= 15 is 0 Å². The summed E-state index contributed by atoms with van der Waals surface area (Å²) in [7, 11) is 0. The Bertz CT molecular complexity index is 753. The topological polar surface area (TPSA) is 171 Å². The van der Waals surface area contributed by atoms with Crippen molar-refractivity contribution in [3.05, 3.63) is 18.2 Å². The molecule has 2 heterocycles. The zero-order valence-electron chi connectivity index (χ0n) is 17.3. The van der Waals surface area contributed by atoms with Gasteiger partial charge in [0.25, 0.3) is 0 Å². The molecule has 0 spiro atoms. The summed E-state index contributed by atoms with van der Waals surface area (Å²) in [6.45, 7) is 3.80. The van der Waals surface area contributed by atoms with Gasteiger partial charge in [-0.15, -0.1) is 0 Å². The molecule has 0 aromatic carbocycles. The van der Waals surface area contributed by atoms with Crippen molar-refractivity contribution < 1.29 is 24.3 Å². The molecule has 166 valence electrons. The van der Waals surface area contributed by atoms with E-state index < -0.39 is 35.9 Å². The molecule has 1 aromatic heterocycles. The highest BCUT2D eigenvalue weighted by atomic mass is 16.4. The maximum atomic E-state index is 12.9. The highest BCUT2D eigenvalue weighted by Gasteiger charge is 2.36. The van der Waals surface area contributed by atoms with Crippen LogP contribution in [0.3, 0.4) is 0 Å². The molecule has 0 bridgehead atoms. The van der Waals surface area contributed by atoms with Crippen LogP contribution in [0.2, 0.25) is 0 Å². The Labute approximate surface area is 174 Å². The number of carboxylic acids is 1. The van der Waals surface area contributed by atoms with Crippen molar-refractivity contribution >= 4 is 23.7 Å². The third kappa shape index (κ3) is 5.78. The second-order valence-electron chi connectivity index (χ2n) is 7.50. The zero-order valence-corrected chi connectivity index (χ0v) is 17.3. The molecule has 11 nitrogen and oxygen atoms in total. The number of likely N-dealkylation sites (tertiary alicyclic amines) is 1. The Morgan fingerprint density at radius 2 is 2.10 bits per heavy atom. The largest absolute Gasteiger partial charge is 0.480 e. The van der Waals surface area contributed by atoms with Crippen LogP contribution in [0, 0.1) is 5.92 Å². The molecule has 2 rings (SSSR count). The average Bonchev–Trinajstić information content (AvgIpc) is 3.41. The SMILES string of the molecule is CCC(C)C(NC(=O)C(Cc1cnc[nH]1)NC(=O)C1CCCN1C(=O)CN)C(=O)O. The summed E-state index contributed by atoms with van der Waals surface area (Å²) in [5.41, 5.74) is 6.03. The predicted molar refractivity (Wildman–Crippen MR) is 107 cm³/mol. The normalized spacial score (nSPS) is 19.0. The minimum Gasteiger partial charge on any atom is -0.480 e. The van der Waals surface area contributed by atoms with E-state index in [0.29, 0.717) is 31.5 Å². The standard InChI is InChI=1S/C19H30N6O5/c1-3-11(2)16(19(29)30)24-17(27)13(7-12-9-21-10-22-12)23-18(28)14-5-4-6-25(14)15(26)8-20/h9-11,13-14,16H,3-8,20H2,1-2H3,(H,21,22)(H,23,28)(H,24,27)(H,29,30). The molecule has 30 heavy (non-hydrogen) atoms. The summed E-state index contributed by atoms with van der Waals surface area (Å²) in [4.78, 5) is 57.5. The van der Waals surface area contributed by atoms with E-state index in [1.165, 1.54) is 17.4 Å². The fourth-order valence-electron chi connectivity index (χ4n) is 3.49. The molecule has 4 unspecified atom stereocenters. The van der Waals surface area contributed by atoms with E-state index in [2.05, 4.69) is 20.6 Å². The molecular weight excluding hydrogens is 392 g/mol. The molecule has 1 fully saturated rings. The summed E-state index contributed by atoms with van der Waals surface area (Å²) < 4.78 is 0. The number of nitrogens with two attached hydrogens (primary N) is 1. The molecular formula is C19H30N6O5. The molecule has 1 saturated heterocycles. The van der Waals surface area contributed by atoms with Crippen LogP contribution in [0.5, 0.6) is 0 Å². The van der Waals surface area contributed by atoms with Crippen molar-refractivity contribution in [2.24, 2.45) is 11.7 Å². The van der Waals surface area contributed by atoms with Crippen molar-refractivity contribution in [1.82, 2.24) is 25.5 Å². The van der Waals surface area contributed by atoms with Gasteiger partial charge in [0.1, 0.15) is 18.1 Å². The fraction of sp³-hybridized carbons (Fsp3) is 0.632. The number of carboxylic acid groups (broad SMARTS) is 1. The van der Waals surface area contributed by atoms with E-state index in [-0.39, 0.29) is 24.8 Å². The first-order valence-corrected chi connectivity index (χ1v) is 10.1. The Hall–Kier alpha value is -2.95. The molecule has 4 atom stereocenters. The van der Waals surface area contributed by atoms with Crippen LogP contribution in [0.1, 0.15) is 38.8 Å². The van der Waals surface area contributed by atoms with Crippen molar-refractivity contribution in [2.75, 3.05) is 13.1 Å². The highest BCUT2D eigenvalue weighted by Crippen LogP contribution is 2.18. The lowest BCUT2D eigenvalue weighted by atomic mass is 9.98. The van der Waals surface area contributed by atoms with Gasteiger partial charge < -0.3 is 31.4 Å². The van der Waals surface area contributed by atoms with Gasteiger partial charge in [-0.3, -0.25) is 14.4 Å². The van der Waals surface area contributed by atoms with Crippen LogP contribution in [0.15, 0.2) is 12.5 Å². The molecule has 1 aromatic rings. The Kier molecular flexibility index (Phi) is 8.34. The number of hydrogen-bond acceptors (Lipinski definition) is 6. The molecule has 0 aliphatic carbocycles. The molecule has 0 saturated carbocycles. The first kappa shape index (κ1) is 23.3. The molecule has 6 N–H and O–H groups in total. The number of imidazole rings is 1. The van der Waals surface area contributed by atoms with Crippen molar-refractivity contribution in [3.8, 4) is 0 Å². The third-order valence-electron chi connectivity index (χ3n) is 5.44. The lowest BCUT2D eigenvalue weighted by Gasteiger charge is -2.27. The number of carbonyl (C=O) groups is 4. The highest BCUT2D eigenvalue weighted by molar-refractivity contribution is 5.94. The summed E-state index contributed by atoms with van der Waals surface area (Å²) in [6, 6.07) is -2.81. The van der Waals surface area contributed by atoms with Crippen molar-refractivity contribution in [3.63, 3.8) is 0 Å². The van der Waals surface area contributed by atoms with Gasteiger partial charge in [0.2, 0.25) is 17.7 Å². The number of hydrogen-bond donors (Lipinski definition) is 5. The maximum Gasteiger partial charge on any atom is 0.326 e. The number of H-pyrrole nitrogens is 1. The molecule has 3 amide bonds. The summed E-state index contributed by atoms with van der Waals surface area (Å²) in [6.07, 6.45) is 4.77. The Morgan fingerprint density at radius 3 is 2.67 bits per heavy atom. The van der Waals surface area contributed by atoms with E-state index in [9.17, 15) is 24.3 Å². The number of rotatable bonds is 10. The maximum absolute atomic E-state index is 12.9. The van der Waals surface area contributed by atoms with Crippen LogP contribution in [-0.4, -0.2) is 74.9 Å². The predicted octanol–water partition coefficient (Wildman–Crippen LogP) is -0.998. The first-order valence-electron chi connectivity index (χ1n) is 10.1. The number of aliphatic carboxylic acids is 1. The number of amides is 3. The van der Waals surface area contributed by atoms with Gasteiger partial charge in [-0.25, -0.2) is 9.78 Å². The number of aromatic nitrogens is 2. The lowest BCUT2D eigenvalue weighted by Crippen LogP contribution is -2.57. The number of carbonyl (C=O) groups excluding carboxylic acids is 3. The Balaban J connectivity index is 2.16. The van der Waals surface area contributed by atoms with Crippen LogP contribution in [0.4, 0.5) is 0 Å². The van der Waals surface area contributed by atoms with E-state index in [4.69, 9.17) is 5.73 Å². The number of aromatic amines is 1. The minimum atomic E-state index is -1.14. The smallest absolute Gasteiger partial charge is 0.326 e. The van der Waals surface area contributed by atoms with Gasteiger partial charge in [-0.1, -0.05) is 20.3 Å². The first-order chi connectivity index (χ1) is 14.3. The number of nitrogens with zero attached hydrogens (tertiary/aromatic N) is 2. The van der Waals surface area contributed by atoms with Crippen LogP contribution < -0.4 is 16.4 Å². The fourth-order valence-corrected chi connectivity index (χ4v) is 3.49. The van der Waals surface area contributed by atoms with Gasteiger partial charge in [0.15, 0.2) is 0 Å². The quantitative estimate of drug-likeness (QED) is 0.322. The lowest BCUT2D eigenvalue weighted by molar-refractivity contribution is -0.144. The van der Waals surface area contributed by atoms with E-state index in [1.807, 2.05) is 6.92 Å². The Morgan fingerprint density at radius 1 is 1.37 bits per heavy atom. The summed E-state index contributed by atoms with van der Waals surface area (Å²) >= 11 is 0. The second-order valence-corrected chi connectivity index (χ2v) is 7.50. The van der Waals surface area contributed by atoms with Crippen LogP contribution in [-0.2, 0) is 25.6 Å². The molecule has 11 heteroatoms. The minimum absolute atomic E-state index is 0.0992. The monoisotopic (exact) mass is 422 g/mol. The van der Waals surface area contributed by atoms with E-state index in [0.717, 1.165) is 0 Å². The average molecular weight is 422 g/mol. The zero-order chi connectivity index (χ0) is 22.3. The summed E-state index contributed by atoms with van der Waals surface area (Å²) in [5, 5.41) is 14.7. The van der Waals surface area contributed by atoms with E-state index in [1.54, 1.807) is 6.92 Å². The molecule has 1 aliphatic heterocycles. The molecule has 1 aliphatic rings. The number of nitrogens with one attached hydrogen (secondary N) is 3. The molecule has 0 radical (unpaired) electrons. The van der Waals surface area contributed by atoms with Crippen LogP contribution >= 0.6 is 0 Å².